The number of fused-ring (bicyclic) bond motifs is 1. The lowest BCUT2D eigenvalue weighted by molar-refractivity contribution is -0.363. The van der Waals surface area contributed by atoms with E-state index in [9.17, 15) is 31.1 Å². The molecule has 0 radical (unpaired) electrons. The molecule has 0 saturated heterocycles. The van der Waals surface area contributed by atoms with E-state index in [1.807, 2.05) is 6.92 Å². The second kappa shape index (κ2) is 12.2. The number of carbonyl (C=O) groups is 1. The quantitative estimate of drug-likeness (QED) is 0.149. The number of hydrogen-bond donors (Lipinski definition) is 0. The fourth-order valence-electron chi connectivity index (χ4n) is 7.74. The van der Waals surface area contributed by atoms with Crippen LogP contribution in [0.15, 0.2) is 0 Å². The van der Waals surface area contributed by atoms with Crippen LogP contribution in [-0.4, -0.2) is 46.0 Å². The molecule has 0 aromatic rings. The minimum absolute atomic E-state index is 0.00194. The van der Waals surface area contributed by atoms with E-state index in [0.29, 0.717) is 32.1 Å². The molecule has 2 unspecified atom stereocenters. The minimum Gasteiger partial charge on any atom is -0.413 e. The van der Waals surface area contributed by atoms with Crippen molar-refractivity contribution in [3.8, 4) is 0 Å². The van der Waals surface area contributed by atoms with Gasteiger partial charge in [0.05, 0.1) is 5.60 Å². The Bertz CT molecular complexity index is 1010. The monoisotopic (exact) mass is 638 g/mol. The van der Waals surface area contributed by atoms with Gasteiger partial charge in [0.15, 0.2) is 16.6 Å². The summed E-state index contributed by atoms with van der Waals surface area (Å²) < 4.78 is 146. The van der Waals surface area contributed by atoms with Gasteiger partial charge in [0.1, 0.15) is 5.78 Å². The van der Waals surface area contributed by atoms with Gasteiger partial charge in [0.25, 0.3) is 0 Å². The van der Waals surface area contributed by atoms with Crippen molar-refractivity contribution in [1.29, 1.82) is 0 Å². The van der Waals surface area contributed by atoms with Crippen LogP contribution >= 0.6 is 0 Å². The lowest BCUT2D eigenvalue weighted by Crippen LogP contribution is -2.62. The van der Waals surface area contributed by atoms with Gasteiger partial charge in [-0.2, -0.15) is 26.3 Å². The Morgan fingerprint density at radius 3 is 1.83 bits per heavy atom. The lowest BCUT2D eigenvalue weighted by atomic mass is 9.56. The molecule has 0 spiro atoms. The van der Waals surface area contributed by atoms with Crippen LogP contribution in [0.1, 0.15) is 106 Å². The number of Topliss-reactive ketones (excluding diaryl/α,β-unsaturated/α-hetero) is 1. The van der Waals surface area contributed by atoms with E-state index in [1.165, 1.54) is 19.6 Å². The van der Waals surface area contributed by atoms with E-state index in [4.69, 9.17) is 17.1 Å². The summed E-state index contributed by atoms with van der Waals surface area (Å²) in [5.74, 6) is -0.437. The molecular weight excluding hydrogens is 578 g/mol. The van der Waals surface area contributed by atoms with Crippen molar-refractivity contribution >= 4 is 22.4 Å². The Hall–Kier alpha value is -0.396. The summed E-state index contributed by atoms with van der Waals surface area (Å²) in [4.78, 5) is 13.0. The first-order valence-electron chi connectivity index (χ1n) is 17.7. The van der Waals surface area contributed by atoms with Gasteiger partial charge in [-0.05, 0) is 128 Å². The van der Waals surface area contributed by atoms with E-state index in [0.717, 1.165) is 0 Å². The van der Waals surface area contributed by atoms with Gasteiger partial charge in [-0.25, -0.2) is 0 Å². The highest BCUT2D eigenvalue weighted by Gasteiger charge is 2.72. The van der Waals surface area contributed by atoms with Crippen molar-refractivity contribution in [1.82, 2.24) is 0 Å². The SMILES string of the molecule is [2H]C([2H])([2H])C(CCCC(C)(CCCC(O[Si](C)(C)C)(C(F)(F)F)C(F)(F)F)[C@H]1CCC2C(=O)CCC[C@@]21C)(O[Si](C)(C)C)C([2H])([2H])[2H]. The number of rotatable bonds is 13. The van der Waals surface area contributed by atoms with Crippen molar-refractivity contribution < 1.29 is 48.2 Å². The van der Waals surface area contributed by atoms with Crippen LogP contribution in [0.3, 0.4) is 0 Å². The first kappa shape index (κ1) is 28.1. The third-order valence-electron chi connectivity index (χ3n) is 9.13. The minimum atomic E-state index is -5.73. The zero-order chi connectivity index (χ0) is 36.9. The fraction of sp³-hybridized carbons (Fsp3) is 0.967. The van der Waals surface area contributed by atoms with E-state index >= 15 is 0 Å². The Morgan fingerprint density at radius 1 is 0.854 bits per heavy atom. The van der Waals surface area contributed by atoms with Crippen LogP contribution in [0.4, 0.5) is 26.3 Å². The highest BCUT2D eigenvalue weighted by atomic mass is 28.4. The highest BCUT2D eigenvalue weighted by molar-refractivity contribution is 6.70. The molecule has 11 heteroatoms. The predicted octanol–water partition coefficient (Wildman–Crippen LogP) is 10.5. The average Bonchev–Trinajstić information content (AvgIpc) is 3.17. The topological polar surface area (TPSA) is 35.5 Å². The first-order chi connectivity index (χ1) is 20.7. The molecule has 4 atom stereocenters. The second-order valence-corrected chi connectivity index (χ2v) is 23.8. The Morgan fingerprint density at radius 2 is 1.37 bits per heavy atom. The Kier molecular flexibility index (Phi) is 8.35. The molecule has 2 aliphatic carbocycles. The predicted molar refractivity (Wildman–Crippen MR) is 157 cm³/mol. The highest BCUT2D eigenvalue weighted by Crippen LogP contribution is 2.62. The molecule has 0 aliphatic heterocycles. The van der Waals surface area contributed by atoms with Crippen LogP contribution in [0.2, 0.25) is 39.3 Å². The van der Waals surface area contributed by atoms with Gasteiger partial charge in [-0.15, -0.1) is 0 Å². The van der Waals surface area contributed by atoms with Crippen molar-refractivity contribution in [2.75, 3.05) is 0 Å². The molecule has 3 nitrogen and oxygen atoms in total. The number of halogens is 6. The van der Waals surface area contributed by atoms with Crippen LogP contribution in [0.5, 0.6) is 0 Å². The average molecular weight is 639 g/mol. The van der Waals surface area contributed by atoms with E-state index in [1.54, 1.807) is 26.6 Å². The molecular formula is C30H54F6O3Si2. The fourth-order valence-corrected chi connectivity index (χ4v) is 10.3. The van der Waals surface area contributed by atoms with Gasteiger partial charge in [0, 0.05) is 20.6 Å². The smallest absolute Gasteiger partial charge is 0.413 e. The number of hydrogen-bond acceptors (Lipinski definition) is 3. The molecule has 0 aromatic carbocycles. The molecule has 2 rings (SSSR count). The van der Waals surface area contributed by atoms with Crippen molar-refractivity contribution in [2.24, 2.45) is 22.7 Å². The molecule has 2 aliphatic rings. The van der Waals surface area contributed by atoms with Crippen molar-refractivity contribution in [3.05, 3.63) is 0 Å². The number of alkyl halides is 6. The molecule has 0 N–H and O–H groups in total. The van der Waals surface area contributed by atoms with Crippen LogP contribution in [-0.2, 0) is 13.6 Å². The van der Waals surface area contributed by atoms with Gasteiger partial charge in [-0.3, -0.25) is 4.79 Å². The zero-order valence-electron chi connectivity index (χ0n) is 31.9. The molecule has 0 heterocycles. The molecule has 2 saturated carbocycles. The third-order valence-corrected chi connectivity index (χ3v) is 11.1. The summed E-state index contributed by atoms with van der Waals surface area (Å²) in [6.45, 7) is 6.53. The first-order valence-corrected chi connectivity index (χ1v) is 21.6. The third kappa shape index (κ3) is 8.84. The summed E-state index contributed by atoms with van der Waals surface area (Å²) >= 11 is 0. The summed E-state index contributed by atoms with van der Waals surface area (Å²) in [5.41, 5.74) is -8.32. The van der Waals surface area contributed by atoms with Crippen molar-refractivity contribution in [3.63, 3.8) is 0 Å². The maximum atomic E-state index is 14.4. The zero-order valence-corrected chi connectivity index (χ0v) is 27.9. The van der Waals surface area contributed by atoms with E-state index < -0.39 is 84.0 Å². The largest absolute Gasteiger partial charge is 0.425 e. The summed E-state index contributed by atoms with van der Waals surface area (Å²) in [6.07, 6.45) is -10.8. The molecule has 242 valence electrons. The van der Waals surface area contributed by atoms with Crippen LogP contribution in [0.25, 0.3) is 0 Å². The van der Waals surface area contributed by atoms with Crippen LogP contribution < -0.4 is 0 Å². The van der Waals surface area contributed by atoms with E-state index in [-0.39, 0.29) is 36.9 Å². The van der Waals surface area contributed by atoms with Gasteiger partial charge in [0.2, 0.25) is 5.60 Å². The second-order valence-electron chi connectivity index (χ2n) is 14.9. The van der Waals surface area contributed by atoms with Gasteiger partial charge in [-0.1, -0.05) is 20.3 Å². The van der Waals surface area contributed by atoms with Gasteiger partial charge >= 0.3 is 12.4 Å². The molecule has 0 bridgehead atoms. The normalized spacial score (nSPS) is 29.5. The number of carbonyl (C=O) groups excluding carboxylic acids is 1. The maximum Gasteiger partial charge on any atom is 0.425 e. The lowest BCUT2D eigenvalue weighted by Gasteiger charge is -2.49. The summed E-state index contributed by atoms with van der Waals surface area (Å²) in [6, 6.07) is 0. The van der Waals surface area contributed by atoms with Crippen molar-refractivity contribution in [2.45, 2.75) is 161 Å². The Balaban J connectivity index is 2.56. The molecule has 0 aromatic heterocycles. The number of ketones is 1. The standard InChI is InChI=1S/C30H54F6O3Si2/c1-25(2,38-40(5,6)7)17-12-18-26(3,24-16-15-22-23(37)14-11-20-27(22,24)4)19-13-21-28(29(31,32)33,30(34,35)36)39-41(8,9)10/h22,24H,11-21H2,1-10H3/t22?,24-,26?,27+/m1/s1/i1D3,2D3. The molecule has 2 fully saturated rings. The molecule has 0 amide bonds. The molecule has 41 heavy (non-hydrogen) atoms. The van der Waals surface area contributed by atoms with Crippen LogP contribution in [0, 0.1) is 22.7 Å². The maximum absolute atomic E-state index is 14.4. The summed E-state index contributed by atoms with van der Waals surface area (Å²) in [7, 11) is -6.12. The Labute approximate surface area is 254 Å². The van der Waals surface area contributed by atoms with E-state index in [2.05, 4.69) is 0 Å². The summed E-state index contributed by atoms with van der Waals surface area (Å²) in [5, 5.41) is 0. The van der Waals surface area contributed by atoms with Gasteiger partial charge < -0.3 is 8.85 Å².